The first-order valence-electron chi connectivity index (χ1n) is 8.17. The quantitative estimate of drug-likeness (QED) is 0.703. The third kappa shape index (κ3) is 5.80. The first-order chi connectivity index (χ1) is 12.0. The third-order valence-electron chi connectivity index (χ3n) is 3.59. The molecule has 0 saturated carbocycles. The molecule has 0 saturated heterocycles. The minimum Gasteiger partial charge on any atom is -0.376 e. The van der Waals surface area contributed by atoms with Crippen LogP contribution < -0.4 is 16.0 Å². The zero-order valence-corrected chi connectivity index (χ0v) is 15.1. The number of hydrogen-bond donors (Lipinski definition) is 3. The second kappa shape index (κ2) is 9.08. The average molecular weight is 360 g/mol. The summed E-state index contributed by atoms with van der Waals surface area (Å²) in [4.78, 5) is 23.8. The number of aryl methyl sites for hydroxylation is 1. The van der Waals surface area contributed by atoms with Gasteiger partial charge in [0, 0.05) is 28.5 Å². The lowest BCUT2D eigenvalue weighted by atomic mass is 10.2. The number of hydrogen-bond acceptors (Lipinski definition) is 3. The number of carbonyl (C=O) groups excluding carboxylic acids is 2. The van der Waals surface area contributed by atoms with Gasteiger partial charge >= 0.3 is 0 Å². The molecule has 2 amide bonds. The van der Waals surface area contributed by atoms with Crippen molar-refractivity contribution in [2.45, 2.75) is 20.3 Å². The number of carbonyl (C=O) groups is 2. The number of benzene rings is 2. The maximum Gasteiger partial charge on any atom is 0.251 e. The highest BCUT2D eigenvalue weighted by Crippen LogP contribution is 2.19. The van der Waals surface area contributed by atoms with Gasteiger partial charge in [0.1, 0.15) is 0 Å². The average Bonchev–Trinajstić information content (AvgIpc) is 2.61. The van der Waals surface area contributed by atoms with Gasteiger partial charge in [-0.1, -0.05) is 24.6 Å². The predicted octanol–water partition coefficient (Wildman–Crippen LogP) is 3.84. The van der Waals surface area contributed by atoms with Crippen LogP contribution in [-0.4, -0.2) is 24.9 Å². The van der Waals surface area contributed by atoms with Crippen molar-refractivity contribution in [3.63, 3.8) is 0 Å². The van der Waals surface area contributed by atoms with Crippen LogP contribution in [0.5, 0.6) is 0 Å². The van der Waals surface area contributed by atoms with E-state index in [0.29, 0.717) is 22.8 Å². The minimum absolute atomic E-state index is 0.0950. The first-order valence-corrected chi connectivity index (χ1v) is 8.55. The Morgan fingerprint density at radius 2 is 1.72 bits per heavy atom. The van der Waals surface area contributed by atoms with E-state index in [1.54, 1.807) is 30.3 Å². The molecule has 0 aliphatic carbocycles. The van der Waals surface area contributed by atoms with Gasteiger partial charge in [0.15, 0.2) is 0 Å². The molecule has 0 fully saturated rings. The highest BCUT2D eigenvalue weighted by molar-refractivity contribution is 6.31. The summed E-state index contributed by atoms with van der Waals surface area (Å²) < 4.78 is 0. The van der Waals surface area contributed by atoms with Crippen LogP contribution >= 0.6 is 11.6 Å². The Kier molecular flexibility index (Phi) is 6.83. The van der Waals surface area contributed by atoms with Crippen LogP contribution in [-0.2, 0) is 4.79 Å². The Morgan fingerprint density at radius 1 is 1.04 bits per heavy atom. The standard InChI is InChI=1S/C19H22ClN3O2/c1-3-10-21-19(25)14-5-8-15(9-6-14)22-12-18(24)23-16-7-4-13(2)17(20)11-16/h4-9,11,22H,3,10,12H2,1-2H3,(H,21,25)(H,23,24). The first kappa shape index (κ1) is 18.8. The van der Waals surface area contributed by atoms with Crippen LogP contribution in [0.2, 0.25) is 5.02 Å². The van der Waals surface area contributed by atoms with Crippen molar-refractivity contribution >= 4 is 34.8 Å². The Hall–Kier alpha value is -2.53. The van der Waals surface area contributed by atoms with Gasteiger partial charge in [-0.15, -0.1) is 0 Å². The van der Waals surface area contributed by atoms with Gasteiger partial charge in [0.2, 0.25) is 5.91 Å². The van der Waals surface area contributed by atoms with E-state index in [0.717, 1.165) is 17.7 Å². The van der Waals surface area contributed by atoms with Crippen LogP contribution in [0.25, 0.3) is 0 Å². The van der Waals surface area contributed by atoms with Gasteiger partial charge in [-0.3, -0.25) is 9.59 Å². The van der Waals surface area contributed by atoms with Crippen molar-refractivity contribution < 1.29 is 9.59 Å². The number of rotatable bonds is 7. The minimum atomic E-state index is -0.176. The van der Waals surface area contributed by atoms with Gasteiger partial charge in [-0.2, -0.15) is 0 Å². The molecule has 132 valence electrons. The predicted molar refractivity (Wildman–Crippen MR) is 102 cm³/mol. The zero-order valence-electron chi connectivity index (χ0n) is 14.4. The van der Waals surface area contributed by atoms with E-state index in [1.807, 2.05) is 26.0 Å². The molecule has 5 nitrogen and oxygen atoms in total. The maximum absolute atomic E-state index is 12.0. The normalized spacial score (nSPS) is 10.2. The lowest BCUT2D eigenvalue weighted by Crippen LogP contribution is -2.24. The monoisotopic (exact) mass is 359 g/mol. The Bertz CT molecular complexity index is 745. The molecule has 0 aliphatic rings. The molecule has 0 aliphatic heterocycles. The van der Waals surface area contributed by atoms with E-state index in [2.05, 4.69) is 16.0 Å². The molecular weight excluding hydrogens is 338 g/mol. The molecule has 0 spiro atoms. The summed E-state index contributed by atoms with van der Waals surface area (Å²) in [6.45, 7) is 4.68. The molecular formula is C19H22ClN3O2. The van der Waals surface area contributed by atoms with Crippen molar-refractivity contribution in [2.24, 2.45) is 0 Å². The summed E-state index contributed by atoms with van der Waals surface area (Å²) in [5.41, 5.74) is 2.98. The summed E-state index contributed by atoms with van der Waals surface area (Å²) in [5, 5.41) is 9.24. The molecule has 0 atom stereocenters. The van der Waals surface area contributed by atoms with Crippen molar-refractivity contribution in [1.82, 2.24) is 5.32 Å². The van der Waals surface area contributed by atoms with Crippen LogP contribution in [0.4, 0.5) is 11.4 Å². The fourth-order valence-electron chi connectivity index (χ4n) is 2.14. The maximum atomic E-state index is 12.0. The summed E-state index contributed by atoms with van der Waals surface area (Å²) in [6, 6.07) is 12.4. The number of nitrogens with one attached hydrogen (secondary N) is 3. The number of anilines is 2. The second-order valence-electron chi connectivity index (χ2n) is 5.70. The van der Waals surface area contributed by atoms with Gasteiger partial charge < -0.3 is 16.0 Å². The van der Waals surface area contributed by atoms with Crippen LogP contribution in [0.1, 0.15) is 29.3 Å². The van der Waals surface area contributed by atoms with Crippen molar-refractivity contribution in [2.75, 3.05) is 23.7 Å². The SMILES string of the molecule is CCCNC(=O)c1ccc(NCC(=O)Nc2ccc(C)c(Cl)c2)cc1. The van der Waals surface area contributed by atoms with E-state index in [1.165, 1.54) is 0 Å². The van der Waals surface area contributed by atoms with E-state index in [4.69, 9.17) is 11.6 Å². The Labute approximate surface area is 152 Å². The summed E-state index contributed by atoms with van der Waals surface area (Å²) in [6.07, 6.45) is 0.896. The summed E-state index contributed by atoms with van der Waals surface area (Å²) in [5.74, 6) is -0.271. The van der Waals surface area contributed by atoms with Crippen molar-refractivity contribution in [3.05, 3.63) is 58.6 Å². The van der Waals surface area contributed by atoms with E-state index in [9.17, 15) is 9.59 Å². The molecule has 6 heteroatoms. The van der Waals surface area contributed by atoms with Crippen molar-refractivity contribution in [3.8, 4) is 0 Å². The lowest BCUT2D eigenvalue weighted by Gasteiger charge is -2.09. The van der Waals surface area contributed by atoms with Gasteiger partial charge in [-0.25, -0.2) is 0 Å². The van der Waals surface area contributed by atoms with Crippen LogP contribution in [0.15, 0.2) is 42.5 Å². The molecule has 2 rings (SSSR count). The highest BCUT2D eigenvalue weighted by atomic mass is 35.5. The number of halogens is 1. The van der Waals surface area contributed by atoms with Gasteiger partial charge in [0.25, 0.3) is 5.91 Å². The second-order valence-corrected chi connectivity index (χ2v) is 6.11. The third-order valence-corrected chi connectivity index (χ3v) is 4.00. The smallest absolute Gasteiger partial charge is 0.251 e. The van der Waals surface area contributed by atoms with Gasteiger partial charge in [-0.05, 0) is 55.3 Å². The fourth-order valence-corrected chi connectivity index (χ4v) is 2.32. The topological polar surface area (TPSA) is 70.2 Å². The van der Waals surface area contributed by atoms with E-state index >= 15 is 0 Å². The molecule has 2 aromatic carbocycles. The van der Waals surface area contributed by atoms with Gasteiger partial charge in [0.05, 0.1) is 6.54 Å². The molecule has 0 bridgehead atoms. The molecule has 0 unspecified atom stereocenters. The summed E-state index contributed by atoms with van der Waals surface area (Å²) >= 11 is 6.04. The molecule has 0 radical (unpaired) electrons. The van der Waals surface area contributed by atoms with Crippen LogP contribution in [0, 0.1) is 6.92 Å². The Balaban J connectivity index is 1.85. The lowest BCUT2D eigenvalue weighted by molar-refractivity contribution is -0.114. The zero-order chi connectivity index (χ0) is 18.2. The molecule has 25 heavy (non-hydrogen) atoms. The van der Waals surface area contributed by atoms with Crippen molar-refractivity contribution in [1.29, 1.82) is 0 Å². The molecule has 0 aromatic heterocycles. The Morgan fingerprint density at radius 3 is 2.36 bits per heavy atom. The molecule has 2 aromatic rings. The van der Waals surface area contributed by atoms with Crippen LogP contribution in [0.3, 0.4) is 0 Å². The molecule has 0 heterocycles. The number of amides is 2. The summed E-state index contributed by atoms with van der Waals surface area (Å²) in [7, 11) is 0. The van der Waals surface area contributed by atoms with E-state index in [-0.39, 0.29) is 18.4 Å². The van der Waals surface area contributed by atoms with E-state index < -0.39 is 0 Å². The molecule has 3 N–H and O–H groups in total. The highest BCUT2D eigenvalue weighted by Gasteiger charge is 2.06. The fraction of sp³-hybridized carbons (Fsp3) is 0.263. The largest absolute Gasteiger partial charge is 0.376 e.